The first-order valence-corrected chi connectivity index (χ1v) is 9.19. The van der Waals surface area contributed by atoms with E-state index in [-0.39, 0.29) is 0 Å². The topological polar surface area (TPSA) is 30.2 Å². The van der Waals surface area contributed by atoms with Crippen LogP contribution in [0, 0.1) is 0 Å². The van der Waals surface area contributed by atoms with Crippen molar-refractivity contribution in [2.75, 3.05) is 0 Å². The van der Waals surface area contributed by atoms with Crippen LogP contribution in [0.5, 0.6) is 0 Å². The van der Waals surface area contributed by atoms with Crippen molar-refractivity contribution >= 4 is 21.9 Å². The van der Waals surface area contributed by atoms with Crippen LogP contribution >= 0.6 is 11.3 Å². The average molecular weight is 355 g/mol. The molecule has 126 valence electrons. The smallest absolute Gasteiger partial charge is 0.210 e. The normalized spacial score (nSPS) is 18.8. The minimum absolute atomic E-state index is 0.738. The van der Waals surface area contributed by atoms with E-state index in [0.29, 0.717) is 0 Å². The maximum Gasteiger partial charge on any atom is 0.213 e. The molecular formula is C22H17N3S. The Morgan fingerprint density at radius 1 is 0.769 bits per heavy atom. The summed E-state index contributed by atoms with van der Waals surface area (Å²) in [6.45, 7) is 0. The second-order valence-electron chi connectivity index (χ2n) is 5.64. The number of fused-ring (bicyclic) bond motifs is 1. The first-order chi connectivity index (χ1) is 12.9. The third-order valence-electron chi connectivity index (χ3n) is 3.80. The first kappa shape index (κ1) is 16.2. The lowest BCUT2D eigenvalue weighted by molar-refractivity contribution is 0.965. The van der Waals surface area contributed by atoms with Crippen LogP contribution in [0.25, 0.3) is 21.0 Å². The van der Waals surface area contributed by atoms with E-state index in [1.54, 1.807) is 11.3 Å². The lowest BCUT2D eigenvalue weighted by Gasteiger charge is -1.95. The van der Waals surface area contributed by atoms with Crippen LogP contribution in [-0.4, -0.2) is 14.6 Å². The Hall–Kier alpha value is -3.24. The van der Waals surface area contributed by atoms with Gasteiger partial charge in [0.05, 0.1) is 4.88 Å². The van der Waals surface area contributed by atoms with Gasteiger partial charge in [-0.15, -0.1) is 5.10 Å². The molecule has 0 radical (unpaired) electrons. The molecule has 1 aromatic carbocycles. The van der Waals surface area contributed by atoms with Crippen LogP contribution in [0.2, 0.25) is 0 Å². The summed E-state index contributed by atoms with van der Waals surface area (Å²) in [6, 6.07) is 18.4. The predicted molar refractivity (Wildman–Crippen MR) is 109 cm³/mol. The van der Waals surface area contributed by atoms with E-state index >= 15 is 0 Å². The number of aromatic nitrogens is 3. The van der Waals surface area contributed by atoms with Crippen molar-refractivity contribution in [1.82, 2.24) is 14.6 Å². The second kappa shape index (κ2) is 7.76. The molecule has 3 nitrogen and oxygen atoms in total. The first-order valence-electron chi connectivity index (χ1n) is 8.37. The molecule has 3 aromatic rings. The van der Waals surface area contributed by atoms with Gasteiger partial charge in [-0.05, 0) is 5.56 Å². The highest BCUT2D eigenvalue weighted by Gasteiger charge is 2.11. The Labute approximate surface area is 156 Å². The van der Waals surface area contributed by atoms with Crippen LogP contribution in [0.4, 0.5) is 0 Å². The summed E-state index contributed by atoms with van der Waals surface area (Å²) >= 11 is 1.64. The molecule has 2 heterocycles. The summed E-state index contributed by atoms with van der Waals surface area (Å²) < 4.78 is 1.86. The Morgan fingerprint density at radius 2 is 1.46 bits per heavy atom. The lowest BCUT2D eigenvalue weighted by Crippen LogP contribution is -1.87. The highest BCUT2D eigenvalue weighted by molar-refractivity contribution is 7.20. The molecule has 0 spiro atoms. The van der Waals surface area contributed by atoms with Gasteiger partial charge in [-0.1, -0.05) is 108 Å². The number of allylic oxidation sites excluding steroid dienone is 8. The molecule has 0 bridgehead atoms. The molecule has 2 aromatic heterocycles. The number of rotatable bonds is 2. The molecule has 0 atom stereocenters. The average Bonchev–Trinajstić information content (AvgIpc) is 3.18. The molecule has 0 unspecified atom stereocenters. The van der Waals surface area contributed by atoms with Gasteiger partial charge in [0.25, 0.3) is 0 Å². The van der Waals surface area contributed by atoms with E-state index in [1.165, 1.54) is 0 Å². The molecule has 4 rings (SSSR count). The molecular weight excluding hydrogens is 338 g/mol. The molecule has 26 heavy (non-hydrogen) atoms. The second-order valence-corrected chi connectivity index (χ2v) is 6.65. The highest BCUT2D eigenvalue weighted by Crippen LogP contribution is 2.28. The molecule has 0 saturated carbocycles. The van der Waals surface area contributed by atoms with Crippen molar-refractivity contribution in [1.29, 1.82) is 0 Å². The van der Waals surface area contributed by atoms with Gasteiger partial charge < -0.3 is 0 Å². The van der Waals surface area contributed by atoms with Crippen LogP contribution in [0.1, 0.15) is 5.82 Å². The summed E-state index contributed by atoms with van der Waals surface area (Å²) in [5, 5.41) is 4.64. The molecule has 1 aliphatic rings. The van der Waals surface area contributed by atoms with E-state index in [1.807, 2.05) is 95.7 Å². The fourth-order valence-corrected chi connectivity index (χ4v) is 3.45. The van der Waals surface area contributed by atoms with Crippen molar-refractivity contribution in [2.24, 2.45) is 0 Å². The molecule has 0 aliphatic heterocycles. The summed E-state index contributed by atoms with van der Waals surface area (Å²) in [5.74, 6) is 0.738. The number of thiazole rings is 1. The van der Waals surface area contributed by atoms with E-state index in [2.05, 4.69) is 17.2 Å². The van der Waals surface area contributed by atoms with Gasteiger partial charge in [0.1, 0.15) is 0 Å². The van der Waals surface area contributed by atoms with Gasteiger partial charge in [0.2, 0.25) is 4.96 Å². The third kappa shape index (κ3) is 3.71. The van der Waals surface area contributed by atoms with Gasteiger partial charge in [-0.3, -0.25) is 0 Å². The maximum absolute atomic E-state index is 4.70. The van der Waals surface area contributed by atoms with Gasteiger partial charge in [-0.2, -0.15) is 4.98 Å². The van der Waals surface area contributed by atoms with Crippen molar-refractivity contribution in [3.05, 3.63) is 109 Å². The number of nitrogens with zero attached hydrogens (tertiary/aromatic N) is 3. The predicted octanol–water partition coefficient (Wildman–Crippen LogP) is 5.65. The highest BCUT2D eigenvalue weighted by atomic mass is 32.1. The Morgan fingerprint density at radius 3 is 2.23 bits per heavy atom. The largest absolute Gasteiger partial charge is 0.213 e. The number of hydrogen-bond acceptors (Lipinski definition) is 3. The zero-order chi connectivity index (χ0) is 17.6. The van der Waals surface area contributed by atoms with Gasteiger partial charge in [0, 0.05) is 11.8 Å². The lowest BCUT2D eigenvalue weighted by atomic mass is 10.2. The van der Waals surface area contributed by atoms with Crippen molar-refractivity contribution < 1.29 is 0 Å². The van der Waals surface area contributed by atoms with E-state index in [9.17, 15) is 0 Å². The zero-order valence-electron chi connectivity index (χ0n) is 14.1. The fraction of sp³-hybridized carbons (Fsp3) is 0. The van der Waals surface area contributed by atoms with Crippen LogP contribution < -0.4 is 0 Å². The summed E-state index contributed by atoms with van der Waals surface area (Å²) in [7, 11) is 0. The standard InChI is InChI=1S/C22H17N3S/c1-2-5-9-13-18(14-10-6-3-1)20-17-25-22(26-20)23-21(24-25)19-15-11-7-4-8-12-16-19/h1-17H/b2-1?,3-1?,5-2?,6-3?,7-4-,8-4?,9-5?,10-6?,11-7?,12-8-,13-9?,14-10?,15-11-,16-12?,18-13?,18-14?,19-15?,19-16+. The number of hydrogen-bond donors (Lipinski definition) is 0. The summed E-state index contributed by atoms with van der Waals surface area (Å²) in [6.07, 6.45) is 16.1. The maximum atomic E-state index is 4.70. The molecule has 0 saturated heterocycles. The molecule has 0 amide bonds. The Balaban J connectivity index is 1.71. The summed E-state index contributed by atoms with van der Waals surface area (Å²) in [4.78, 5) is 6.72. The quantitative estimate of drug-likeness (QED) is 0.595. The SMILES string of the molecule is C1=C\C=C/C(c2nc3sc(-c4ccccccccc4)cn3n2)=C\C=C/1. The molecule has 0 fully saturated rings. The Bertz CT molecular complexity index is 1040. The minimum atomic E-state index is 0.738. The van der Waals surface area contributed by atoms with Crippen molar-refractivity contribution in [3.63, 3.8) is 0 Å². The van der Waals surface area contributed by atoms with Gasteiger partial charge in [0.15, 0.2) is 5.82 Å². The van der Waals surface area contributed by atoms with E-state index in [0.717, 1.165) is 26.8 Å². The summed E-state index contributed by atoms with van der Waals surface area (Å²) in [5.41, 5.74) is 2.14. The molecule has 1 aliphatic carbocycles. The monoisotopic (exact) mass is 355 g/mol. The van der Waals surface area contributed by atoms with Crippen molar-refractivity contribution in [2.45, 2.75) is 0 Å². The van der Waals surface area contributed by atoms with Crippen LogP contribution in [0.15, 0.2) is 103 Å². The van der Waals surface area contributed by atoms with Crippen LogP contribution in [0.3, 0.4) is 0 Å². The fourth-order valence-electron chi connectivity index (χ4n) is 2.53. The molecule has 0 N–H and O–H groups in total. The molecule has 4 heteroatoms. The zero-order valence-corrected chi connectivity index (χ0v) is 14.9. The third-order valence-corrected chi connectivity index (χ3v) is 4.82. The van der Waals surface area contributed by atoms with Gasteiger partial charge >= 0.3 is 0 Å². The van der Waals surface area contributed by atoms with E-state index < -0.39 is 0 Å². The van der Waals surface area contributed by atoms with Crippen molar-refractivity contribution in [3.8, 4) is 10.4 Å². The van der Waals surface area contributed by atoms with E-state index in [4.69, 9.17) is 4.98 Å². The van der Waals surface area contributed by atoms with Gasteiger partial charge in [-0.25, -0.2) is 4.52 Å². The van der Waals surface area contributed by atoms with Crippen LogP contribution in [-0.2, 0) is 0 Å². The Kier molecular flexibility index (Phi) is 4.85. The minimum Gasteiger partial charge on any atom is -0.210 e.